The fourth-order valence-corrected chi connectivity index (χ4v) is 4.56. The fraction of sp³-hybridized carbons (Fsp3) is 0.722. The Balaban J connectivity index is 3.47. The SMILES string of the molecule is CCCCC/C=C\C/C=C\C/C=C\C/C=C\CCCCCC(=O)OC(C)CCCCCCCCCCCC(=O)O. The minimum atomic E-state index is -0.686. The van der Waals surface area contributed by atoms with Gasteiger partial charge in [-0.15, -0.1) is 0 Å². The normalized spacial score (nSPS) is 12.8. The summed E-state index contributed by atoms with van der Waals surface area (Å²) in [5, 5.41) is 8.63. The standard InChI is InChI=1S/C36H62O4/c1-3-4-5-6-7-8-9-10-11-12-13-14-15-16-17-21-24-27-30-33-36(39)40-34(2)31-28-25-22-19-18-20-23-26-29-32-35(37)38/h7-8,10-11,13-14,16-17,34H,3-6,9,12,15,18-33H2,1-2H3,(H,37,38)/b8-7-,11-10-,14-13-,17-16-. The Morgan fingerprint density at radius 1 is 0.575 bits per heavy atom. The van der Waals surface area contributed by atoms with Crippen LogP contribution >= 0.6 is 0 Å². The summed E-state index contributed by atoms with van der Waals surface area (Å²) in [7, 11) is 0. The van der Waals surface area contributed by atoms with E-state index in [4.69, 9.17) is 9.84 Å². The summed E-state index contributed by atoms with van der Waals surface area (Å²) in [5.41, 5.74) is 0. The molecular weight excluding hydrogens is 496 g/mol. The van der Waals surface area contributed by atoms with Gasteiger partial charge in [-0.05, 0) is 77.6 Å². The van der Waals surface area contributed by atoms with Crippen molar-refractivity contribution in [2.24, 2.45) is 0 Å². The monoisotopic (exact) mass is 558 g/mol. The number of ether oxygens (including phenoxy) is 1. The third-order valence-electron chi connectivity index (χ3n) is 7.04. The van der Waals surface area contributed by atoms with E-state index >= 15 is 0 Å². The molecule has 0 fully saturated rings. The number of carbonyl (C=O) groups excluding carboxylic acids is 1. The lowest BCUT2D eigenvalue weighted by molar-refractivity contribution is -0.148. The Morgan fingerprint density at radius 3 is 1.52 bits per heavy atom. The van der Waals surface area contributed by atoms with Gasteiger partial charge in [-0.2, -0.15) is 0 Å². The van der Waals surface area contributed by atoms with Gasteiger partial charge >= 0.3 is 11.9 Å². The molecule has 4 nitrogen and oxygen atoms in total. The average Bonchev–Trinajstić information content (AvgIpc) is 2.92. The highest BCUT2D eigenvalue weighted by Crippen LogP contribution is 2.14. The molecule has 0 amide bonds. The fourth-order valence-electron chi connectivity index (χ4n) is 4.56. The predicted octanol–water partition coefficient (Wildman–Crippen LogP) is 11.2. The average molecular weight is 559 g/mol. The second-order valence-electron chi connectivity index (χ2n) is 11.1. The molecule has 0 aromatic rings. The molecule has 0 radical (unpaired) electrons. The summed E-state index contributed by atoms with van der Waals surface area (Å²) in [4.78, 5) is 22.5. The van der Waals surface area contributed by atoms with Gasteiger partial charge in [0.15, 0.2) is 0 Å². The van der Waals surface area contributed by atoms with Crippen LogP contribution in [0.5, 0.6) is 0 Å². The first-order valence-corrected chi connectivity index (χ1v) is 16.6. The third-order valence-corrected chi connectivity index (χ3v) is 7.04. The van der Waals surface area contributed by atoms with Crippen molar-refractivity contribution in [3.63, 3.8) is 0 Å². The van der Waals surface area contributed by atoms with Crippen molar-refractivity contribution in [1.29, 1.82) is 0 Å². The largest absolute Gasteiger partial charge is 0.481 e. The van der Waals surface area contributed by atoms with Gasteiger partial charge in [0, 0.05) is 12.8 Å². The minimum Gasteiger partial charge on any atom is -0.481 e. The number of carboxylic acids is 1. The second-order valence-corrected chi connectivity index (χ2v) is 11.1. The van der Waals surface area contributed by atoms with Gasteiger partial charge < -0.3 is 9.84 Å². The summed E-state index contributed by atoms with van der Waals surface area (Å²) >= 11 is 0. The predicted molar refractivity (Wildman–Crippen MR) is 172 cm³/mol. The maximum Gasteiger partial charge on any atom is 0.306 e. The van der Waals surface area contributed by atoms with Crippen molar-refractivity contribution >= 4 is 11.9 Å². The highest BCUT2D eigenvalue weighted by atomic mass is 16.5. The maximum atomic E-state index is 12.1. The van der Waals surface area contributed by atoms with Crippen LogP contribution in [-0.2, 0) is 14.3 Å². The highest BCUT2D eigenvalue weighted by Gasteiger charge is 2.09. The minimum absolute atomic E-state index is 0.0189. The lowest BCUT2D eigenvalue weighted by Gasteiger charge is -2.13. The first kappa shape index (κ1) is 37.9. The summed E-state index contributed by atoms with van der Waals surface area (Å²) in [5.74, 6) is -0.734. The van der Waals surface area contributed by atoms with E-state index < -0.39 is 5.97 Å². The molecule has 0 saturated carbocycles. The number of rotatable bonds is 29. The van der Waals surface area contributed by atoms with E-state index in [0.29, 0.717) is 12.8 Å². The van der Waals surface area contributed by atoms with Gasteiger partial charge in [-0.1, -0.05) is 120 Å². The van der Waals surface area contributed by atoms with E-state index in [1.54, 1.807) is 0 Å². The van der Waals surface area contributed by atoms with Crippen LogP contribution in [0.15, 0.2) is 48.6 Å². The first-order chi connectivity index (χ1) is 19.6. The molecule has 1 N–H and O–H groups in total. The van der Waals surface area contributed by atoms with Gasteiger partial charge in [-0.25, -0.2) is 0 Å². The molecule has 0 aromatic heterocycles. The van der Waals surface area contributed by atoms with Crippen LogP contribution in [0.25, 0.3) is 0 Å². The van der Waals surface area contributed by atoms with Crippen LogP contribution in [0.3, 0.4) is 0 Å². The third kappa shape index (κ3) is 32.1. The molecular formula is C36H62O4. The number of carbonyl (C=O) groups is 2. The molecule has 0 aliphatic rings. The molecule has 0 aromatic carbocycles. The van der Waals surface area contributed by atoms with Crippen LogP contribution in [0.4, 0.5) is 0 Å². The lowest BCUT2D eigenvalue weighted by atomic mass is 10.0. The van der Waals surface area contributed by atoms with E-state index in [1.165, 1.54) is 57.8 Å². The van der Waals surface area contributed by atoms with Crippen molar-refractivity contribution in [3.05, 3.63) is 48.6 Å². The quantitative estimate of drug-likeness (QED) is 0.0563. The van der Waals surface area contributed by atoms with Crippen molar-refractivity contribution in [2.75, 3.05) is 0 Å². The van der Waals surface area contributed by atoms with Gasteiger partial charge in [0.1, 0.15) is 0 Å². The van der Waals surface area contributed by atoms with Gasteiger partial charge in [0.25, 0.3) is 0 Å². The maximum absolute atomic E-state index is 12.1. The Labute approximate surface area is 247 Å². The zero-order chi connectivity index (χ0) is 29.4. The van der Waals surface area contributed by atoms with Gasteiger partial charge in [-0.3, -0.25) is 9.59 Å². The number of allylic oxidation sites excluding steroid dienone is 8. The highest BCUT2D eigenvalue weighted by molar-refractivity contribution is 5.69. The number of hydrogen-bond donors (Lipinski definition) is 1. The Hall–Kier alpha value is -2.10. The van der Waals surface area contributed by atoms with Crippen molar-refractivity contribution < 1.29 is 19.4 Å². The molecule has 40 heavy (non-hydrogen) atoms. The Kier molecular flexibility index (Phi) is 29.8. The zero-order valence-electron chi connectivity index (χ0n) is 26.1. The van der Waals surface area contributed by atoms with Crippen molar-refractivity contribution in [2.45, 2.75) is 168 Å². The van der Waals surface area contributed by atoms with Crippen LogP contribution < -0.4 is 0 Å². The van der Waals surface area contributed by atoms with Crippen LogP contribution in [0, 0.1) is 0 Å². The molecule has 0 aliphatic carbocycles. The number of unbranched alkanes of at least 4 members (excludes halogenated alkanes) is 14. The summed E-state index contributed by atoms with van der Waals surface area (Å²) < 4.78 is 5.58. The van der Waals surface area contributed by atoms with E-state index in [0.717, 1.165) is 77.0 Å². The van der Waals surface area contributed by atoms with E-state index in [2.05, 4.69) is 55.5 Å². The smallest absolute Gasteiger partial charge is 0.306 e. The lowest BCUT2D eigenvalue weighted by Crippen LogP contribution is -2.14. The summed E-state index contributed by atoms with van der Waals surface area (Å²) in [6, 6.07) is 0. The number of hydrogen-bond acceptors (Lipinski definition) is 3. The summed E-state index contributed by atoms with van der Waals surface area (Å²) in [6.45, 7) is 4.26. The van der Waals surface area contributed by atoms with Gasteiger partial charge in [0.2, 0.25) is 0 Å². The molecule has 0 saturated heterocycles. The number of esters is 1. The molecule has 230 valence electrons. The van der Waals surface area contributed by atoms with E-state index in [-0.39, 0.29) is 12.1 Å². The van der Waals surface area contributed by atoms with E-state index in [9.17, 15) is 9.59 Å². The molecule has 4 heteroatoms. The van der Waals surface area contributed by atoms with Gasteiger partial charge in [0.05, 0.1) is 6.10 Å². The van der Waals surface area contributed by atoms with Crippen LogP contribution in [-0.4, -0.2) is 23.1 Å². The molecule has 0 bridgehead atoms. The zero-order valence-corrected chi connectivity index (χ0v) is 26.1. The molecule has 1 atom stereocenters. The van der Waals surface area contributed by atoms with E-state index in [1.807, 2.05) is 6.92 Å². The number of carboxylic acid groups (broad SMARTS) is 1. The van der Waals surface area contributed by atoms with Crippen LogP contribution in [0.1, 0.15) is 162 Å². The number of aliphatic carboxylic acids is 1. The molecule has 0 rings (SSSR count). The topological polar surface area (TPSA) is 63.6 Å². The van der Waals surface area contributed by atoms with Crippen molar-refractivity contribution in [1.82, 2.24) is 0 Å². The van der Waals surface area contributed by atoms with Crippen molar-refractivity contribution in [3.8, 4) is 0 Å². The Bertz CT molecular complexity index is 689. The molecule has 1 unspecified atom stereocenters. The Morgan fingerprint density at radius 2 is 1.00 bits per heavy atom. The second kappa shape index (κ2) is 31.4. The molecule has 0 heterocycles. The first-order valence-electron chi connectivity index (χ1n) is 16.6. The summed E-state index contributed by atoms with van der Waals surface area (Å²) in [6.07, 6.45) is 42.4. The molecule has 0 aliphatic heterocycles. The molecule has 0 spiro atoms. The van der Waals surface area contributed by atoms with Crippen LogP contribution in [0.2, 0.25) is 0 Å².